The van der Waals surface area contributed by atoms with Crippen molar-refractivity contribution in [3.63, 3.8) is 0 Å². The maximum Gasteiger partial charge on any atom is 0.345 e. The van der Waals surface area contributed by atoms with Gasteiger partial charge in [0.25, 0.3) is 0 Å². The van der Waals surface area contributed by atoms with Crippen molar-refractivity contribution in [3.8, 4) is 0 Å². The molecule has 2 rings (SSSR count). The standard InChI is InChI=1S/C16H19NO2S/c1-3-4-12-5-7-14(8-6-12)17-10-13-9-15(16(18)19)20-11(13)2/h5-9,17H,3-4,10H2,1-2H3,(H,18,19). The average Bonchev–Trinajstić information content (AvgIpc) is 2.80. The van der Waals surface area contributed by atoms with Crippen LogP contribution < -0.4 is 5.32 Å². The van der Waals surface area contributed by atoms with Crippen LogP contribution in [-0.2, 0) is 13.0 Å². The third kappa shape index (κ3) is 3.61. The second-order valence-electron chi connectivity index (χ2n) is 4.80. The Bertz CT molecular complexity index is 587. The zero-order valence-corrected chi connectivity index (χ0v) is 12.6. The molecular weight excluding hydrogens is 270 g/mol. The Labute approximate surface area is 123 Å². The van der Waals surface area contributed by atoms with E-state index in [1.54, 1.807) is 6.07 Å². The summed E-state index contributed by atoms with van der Waals surface area (Å²) in [6.07, 6.45) is 2.25. The molecule has 2 N–H and O–H groups in total. The van der Waals surface area contributed by atoms with E-state index in [2.05, 4.69) is 36.5 Å². The van der Waals surface area contributed by atoms with Crippen LogP contribution in [0.4, 0.5) is 5.69 Å². The summed E-state index contributed by atoms with van der Waals surface area (Å²) < 4.78 is 0. The lowest BCUT2D eigenvalue weighted by Crippen LogP contribution is -1.99. The van der Waals surface area contributed by atoms with Crippen LogP contribution in [0.2, 0.25) is 0 Å². The van der Waals surface area contributed by atoms with E-state index >= 15 is 0 Å². The Morgan fingerprint density at radius 2 is 2.00 bits per heavy atom. The van der Waals surface area contributed by atoms with Crippen molar-refractivity contribution in [2.45, 2.75) is 33.2 Å². The molecule has 0 fully saturated rings. The highest BCUT2D eigenvalue weighted by molar-refractivity contribution is 7.14. The lowest BCUT2D eigenvalue weighted by Gasteiger charge is -2.07. The van der Waals surface area contributed by atoms with Gasteiger partial charge in [0.15, 0.2) is 0 Å². The van der Waals surface area contributed by atoms with Gasteiger partial charge in [0.05, 0.1) is 0 Å². The minimum Gasteiger partial charge on any atom is -0.477 e. The van der Waals surface area contributed by atoms with Crippen molar-refractivity contribution in [1.82, 2.24) is 0 Å². The molecule has 20 heavy (non-hydrogen) atoms. The lowest BCUT2D eigenvalue weighted by atomic mass is 10.1. The number of benzene rings is 1. The lowest BCUT2D eigenvalue weighted by molar-refractivity contribution is 0.0702. The van der Waals surface area contributed by atoms with Gasteiger partial charge in [0.2, 0.25) is 0 Å². The molecule has 0 spiro atoms. The van der Waals surface area contributed by atoms with Gasteiger partial charge in [0.1, 0.15) is 4.88 Å². The SMILES string of the molecule is CCCc1ccc(NCc2cc(C(=O)O)sc2C)cc1. The summed E-state index contributed by atoms with van der Waals surface area (Å²) in [5.74, 6) is -0.853. The summed E-state index contributed by atoms with van der Waals surface area (Å²) in [7, 11) is 0. The number of carboxylic acid groups (broad SMARTS) is 1. The number of rotatable bonds is 6. The van der Waals surface area contributed by atoms with Crippen molar-refractivity contribution in [3.05, 3.63) is 51.2 Å². The molecule has 4 heteroatoms. The molecule has 106 valence electrons. The Balaban J connectivity index is 1.99. The monoisotopic (exact) mass is 289 g/mol. The molecule has 1 aromatic carbocycles. The molecule has 0 saturated heterocycles. The van der Waals surface area contributed by atoms with E-state index in [1.807, 2.05) is 6.92 Å². The molecule has 0 bridgehead atoms. The zero-order chi connectivity index (χ0) is 14.5. The van der Waals surface area contributed by atoms with Crippen LogP contribution in [0, 0.1) is 6.92 Å². The molecule has 0 atom stereocenters. The maximum atomic E-state index is 10.9. The van der Waals surface area contributed by atoms with Gasteiger partial charge in [-0.05, 0) is 42.7 Å². The summed E-state index contributed by atoms with van der Waals surface area (Å²) in [5.41, 5.74) is 3.45. The van der Waals surface area contributed by atoms with Crippen LogP contribution in [0.3, 0.4) is 0 Å². The molecular formula is C16H19NO2S. The molecule has 0 unspecified atom stereocenters. The minimum absolute atomic E-state index is 0.401. The summed E-state index contributed by atoms with van der Waals surface area (Å²) in [4.78, 5) is 12.4. The van der Waals surface area contributed by atoms with Gasteiger partial charge in [-0.25, -0.2) is 4.79 Å². The number of nitrogens with one attached hydrogen (secondary N) is 1. The van der Waals surface area contributed by atoms with Crippen LogP contribution in [0.5, 0.6) is 0 Å². The van der Waals surface area contributed by atoms with Gasteiger partial charge in [-0.15, -0.1) is 11.3 Å². The summed E-state index contributed by atoms with van der Waals surface area (Å²) in [6, 6.07) is 10.2. The predicted octanol–water partition coefficient (Wildman–Crippen LogP) is 4.32. The first-order valence-corrected chi connectivity index (χ1v) is 7.57. The number of anilines is 1. The highest BCUT2D eigenvalue weighted by Gasteiger charge is 2.10. The first kappa shape index (κ1) is 14.6. The van der Waals surface area contributed by atoms with Crippen molar-refractivity contribution < 1.29 is 9.90 Å². The van der Waals surface area contributed by atoms with E-state index in [0.29, 0.717) is 11.4 Å². The van der Waals surface area contributed by atoms with Crippen LogP contribution in [0.25, 0.3) is 0 Å². The average molecular weight is 289 g/mol. The summed E-state index contributed by atoms with van der Waals surface area (Å²) in [5, 5.41) is 12.3. The van der Waals surface area contributed by atoms with E-state index in [0.717, 1.165) is 29.0 Å². The van der Waals surface area contributed by atoms with Gasteiger partial charge in [0, 0.05) is 17.1 Å². The number of hydrogen-bond donors (Lipinski definition) is 2. The van der Waals surface area contributed by atoms with Crippen molar-refractivity contribution in [2.24, 2.45) is 0 Å². The van der Waals surface area contributed by atoms with Crippen molar-refractivity contribution in [2.75, 3.05) is 5.32 Å². The second kappa shape index (κ2) is 6.57. The van der Waals surface area contributed by atoms with Gasteiger partial charge >= 0.3 is 5.97 Å². The largest absolute Gasteiger partial charge is 0.477 e. The molecule has 1 aromatic heterocycles. The fraction of sp³-hybridized carbons (Fsp3) is 0.312. The Morgan fingerprint density at radius 1 is 1.30 bits per heavy atom. The van der Waals surface area contributed by atoms with Crippen LogP contribution >= 0.6 is 11.3 Å². The minimum atomic E-state index is -0.853. The Kier molecular flexibility index (Phi) is 4.79. The van der Waals surface area contributed by atoms with E-state index < -0.39 is 5.97 Å². The van der Waals surface area contributed by atoms with Gasteiger partial charge < -0.3 is 10.4 Å². The van der Waals surface area contributed by atoms with Crippen molar-refractivity contribution >= 4 is 23.0 Å². The predicted molar refractivity (Wildman–Crippen MR) is 83.8 cm³/mol. The molecule has 0 saturated carbocycles. The molecule has 1 heterocycles. The maximum absolute atomic E-state index is 10.9. The smallest absolute Gasteiger partial charge is 0.345 e. The Morgan fingerprint density at radius 3 is 2.55 bits per heavy atom. The van der Waals surface area contributed by atoms with E-state index in [-0.39, 0.29) is 0 Å². The molecule has 0 amide bonds. The fourth-order valence-electron chi connectivity index (χ4n) is 2.08. The van der Waals surface area contributed by atoms with Crippen LogP contribution in [0.1, 0.15) is 39.0 Å². The van der Waals surface area contributed by atoms with Crippen molar-refractivity contribution in [1.29, 1.82) is 0 Å². The van der Waals surface area contributed by atoms with Gasteiger partial charge in [-0.1, -0.05) is 25.5 Å². The quantitative estimate of drug-likeness (QED) is 0.832. The fourth-order valence-corrected chi connectivity index (χ4v) is 2.96. The summed E-state index contributed by atoms with van der Waals surface area (Å²) >= 11 is 1.33. The highest BCUT2D eigenvalue weighted by atomic mass is 32.1. The first-order valence-electron chi connectivity index (χ1n) is 6.75. The zero-order valence-electron chi connectivity index (χ0n) is 11.8. The molecule has 0 radical (unpaired) electrons. The van der Waals surface area contributed by atoms with E-state index in [9.17, 15) is 4.79 Å². The van der Waals surface area contributed by atoms with E-state index in [4.69, 9.17) is 5.11 Å². The number of aromatic carboxylic acids is 1. The van der Waals surface area contributed by atoms with E-state index in [1.165, 1.54) is 16.9 Å². The molecule has 0 aliphatic rings. The van der Waals surface area contributed by atoms with Gasteiger partial charge in [-0.2, -0.15) is 0 Å². The number of carbonyl (C=O) groups is 1. The summed E-state index contributed by atoms with van der Waals surface area (Å²) in [6.45, 7) is 4.78. The Hall–Kier alpha value is -1.81. The number of thiophene rings is 1. The first-order chi connectivity index (χ1) is 9.60. The number of hydrogen-bond acceptors (Lipinski definition) is 3. The van der Waals surface area contributed by atoms with Gasteiger partial charge in [-0.3, -0.25) is 0 Å². The second-order valence-corrected chi connectivity index (χ2v) is 6.05. The molecule has 3 nitrogen and oxygen atoms in total. The normalized spacial score (nSPS) is 10.5. The molecule has 0 aliphatic heterocycles. The van der Waals surface area contributed by atoms with Crippen LogP contribution in [0.15, 0.2) is 30.3 Å². The topological polar surface area (TPSA) is 49.3 Å². The molecule has 0 aliphatic carbocycles. The highest BCUT2D eigenvalue weighted by Crippen LogP contribution is 2.22. The number of aryl methyl sites for hydroxylation is 2. The third-order valence-electron chi connectivity index (χ3n) is 3.21. The number of carboxylic acids is 1. The van der Waals surface area contributed by atoms with Crippen LogP contribution in [-0.4, -0.2) is 11.1 Å². The third-order valence-corrected chi connectivity index (χ3v) is 4.29. The molecule has 2 aromatic rings.